The van der Waals surface area contributed by atoms with Crippen LogP contribution < -0.4 is 5.32 Å². The Hall–Kier alpha value is -6.86. The summed E-state index contributed by atoms with van der Waals surface area (Å²) in [5.41, 5.74) is 10.0. The van der Waals surface area contributed by atoms with E-state index in [0.717, 1.165) is 56.3 Å². The lowest BCUT2D eigenvalue weighted by atomic mass is 9.68. The number of carboxylic acids is 1. The number of pyridine rings is 1. The Kier molecular flexibility index (Phi) is 7.25. The molecule has 8 bridgehead atoms. The van der Waals surface area contributed by atoms with Gasteiger partial charge in [-0.25, -0.2) is 9.79 Å². The predicted octanol–water partition coefficient (Wildman–Crippen LogP) is 8.31. The molecule has 0 radical (unpaired) electrons. The Labute approximate surface area is 294 Å². The number of aliphatic imine (C=N–C) groups is 2. The lowest BCUT2D eigenvalue weighted by Gasteiger charge is -2.38. The summed E-state index contributed by atoms with van der Waals surface area (Å²) in [5, 5.41) is 14.1. The van der Waals surface area contributed by atoms with Gasteiger partial charge < -0.3 is 15.4 Å². The molecule has 0 fully saturated rings. The highest BCUT2D eigenvalue weighted by Gasteiger charge is 2.48. The molecule has 244 valence electrons. The summed E-state index contributed by atoms with van der Waals surface area (Å²) < 4.78 is 0. The topological polar surface area (TPSA) is 103 Å². The van der Waals surface area contributed by atoms with Crippen LogP contribution in [0.4, 0.5) is 0 Å². The molecule has 7 heteroatoms. The summed E-state index contributed by atoms with van der Waals surface area (Å²) in [6, 6.07) is 36.6. The number of allylic oxidation sites excluding steroid dienone is 5. The van der Waals surface area contributed by atoms with Crippen LogP contribution in [0.2, 0.25) is 0 Å². The molecule has 0 saturated heterocycles. The standard InChI is InChI=1S/C44H31N5O2/c50-43(51)42-36-19-17-32(46-36)25-34-26-35(30-13-9-12-29(24-30)28-10-3-1-4-11-28)38(47-34)27-33-18-21-40(48-33)44(31-14-5-2-6-15-31,39-16-7-8-23-45-39)41-22-20-37(42)49-41/h1-27,41,47,49H,(H,50,51)/b32-25-,33-27-,42-37+. The summed E-state index contributed by atoms with van der Waals surface area (Å²) >= 11 is 0. The largest absolute Gasteiger partial charge is 0.478 e. The summed E-state index contributed by atoms with van der Waals surface area (Å²) in [5.74, 6) is -1.07. The molecular formula is C44H31N5O2. The molecule has 2 aromatic heterocycles. The van der Waals surface area contributed by atoms with E-state index in [1.54, 1.807) is 12.3 Å². The monoisotopic (exact) mass is 661 g/mol. The van der Waals surface area contributed by atoms with E-state index in [1.165, 1.54) is 0 Å². The van der Waals surface area contributed by atoms with Gasteiger partial charge in [-0.1, -0.05) is 91.0 Å². The van der Waals surface area contributed by atoms with Gasteiger partial charge in [0.05, 0.1) is 40.3 Å². The zero-order chi connectivity index (χ0) is 34.4. The molecule has 9 rings (SSSR count). The molecular weight excluding hydrogens is 631 g/mol. The van der Waals surface area contributed by atoms with Crippen LogP contribution >= 0.6 is 0 Å². The van der Waals surface area contributed by atoms with Crippen LogP contribution in [0.3, 0.4) is 0 Å². The average Bonchev–Trinajstić information content (AvgIpc) is 4.00. The minimum Gasteiger partial charge on any atom is -0.478 e. The molecule has 4 aliphatic rings. The Morgan fingerprint density at radius 1 is 0.706 bits per heavy atom. The number of carbonyl (C=O) groups is 1. The third-order valence-corrected chi connectivity index (χ3v) is 9.74. The van der Waals surface area contributed by atoms with E-state index < -0.39 is 17.4 Å². The molecule has 3 aromatic carbocycles. The van der Waals surface area contributed by atoms with Gasteiger partial charge in [0.1, 0.15) is 11.0 Å². The number of hydrogen-bond acceptors (Lipinski definition) is 5. The lowest BCUT2D eigenvalue weighted by Crippen LogP contribution is -2.51. The van der Waals surface area contributed by atoms with Crippen molar-refractivity contribution in [3.05, 3.63) is 197 Å². The minimum atomic E-state index is -1.07. The molecule has 51 heavy (non-hydrogen) atoms. The summed E-state index contributed by atoms with van der Waals surface area (Å²) in [7, 11) is 0. The fourth-order valence-corrected chi connectivity index (χ4v) is 7.45. The second kappa shape index (κ2) is 12.2. The van der Waals surface area contributed by atoms with Crippen LogP contribution in [0.15, 0.2) is 184 Å². The number of aliphatic carboxylic acids is 1. The van der Waals surface area contributed by atoms with Gasteiger partial charge in [-0.15, -0.1) is 0 Å². The average molecular weight is 662 g/mol. The van der Waals surface area contributed by atoms with E-state index in [1.807, 2.05) is 85.0 Å². The van der Waals surface area contributed by atoms with Gasteiger partial charge in [-0.3, -0.25) is 9.98 Å². The van der Waals surface area contributed by atoms with Gasteiger partial charge in [-0.05, 0) is 89.1 Å². The summed E-state index contributed by atoms with van der Waals surface area (Å²) in [6.07, 6.45) is 17.4. The zero-order valence-electron chi connectivity index (χ0n) is 27.4. The molecule has 2 atom stereocenters. The first-order valence-electron chi connectivity index (χ1n) is 16.8. The smallest absolute Gasteiger partial charge is 0.340 e. The van der Waals surface area contributed by atoms with Crippen LogP contribution in [0.25, 0.3) is 34.4 Å². The van der Waals surface area contributed by atoms with E-state index in [2.05, 4.69) is 77.1 Å². The first kappa shape index (κ1) is 30.2. The van der Waals surface area contributed by atoms with E-state index in [-0.39, 0.29) is 5.57 Å². The van der Waals surface area contributed by atoms with Crippen molar-refractivity contribution in [1.82, 2.24) is 15.3 Å². The second-order valence-electron chi connectivity index (χ2n) is 12.8. The van der Waals surface area contributed by atoms with Crippen LogP contribution in [-0.4, -0.2) is 38.5 Å². The molecule has 0 aliphatic carbocycles. The second-order valence-corrected chi connectivity index (χ2v) is 12.8. The van der Waals surface area contributed by atoms with Crippen LogP contribution in [0.1, 0.15) is 22.6 Å². The Morgan fingerprint density at radius 3 is 2.25 bits per heavy atom. The van der Waals surface area contributed by atoms with Gasteiger partial charge in [0.15, 0.2) is 0 Å². The normalized spacial score (nSPS) is 23.6. The molecule has 0 amide bonds. The molecule has 2 unspecified atom stereocenters. The Balaban J connectivity index is 1.29. The minimum absolute atomic E-state index is 0.0959. The summed E-state index contributed by atoms with van der Waals surface area (Å²) in [4.78, 5) is 31.5. The number of nitrogens with one attached hydrogen (secondary N) is 2. The van der Waals surface area contributed by atoms with Crippen LogP contribution in [0.5, 0.6) is 0 Å². The van der Waals surface area contributed by atoms with Crippen molar-refractivity contribution in [3.8, 4) is 22.3 Å². The molecule has 0 saturated carbocycles. The van der Waals surface area contributed by atoms with Gasteiger partial charge in [0.2, 0.25) is 0 Å². The van der Waals surface area contributed by atoms with Gasteiger partial charge in [-0.2, -0.15) is 0 Å². The first-order valence-corrected chi connectivity index (χ1v) is 16.8. The summed E-state index contributed by atoms with van der Waals surface area (Å²) in [6.45, 7) is 0. The number of aromatic nitrogens is 2. The number of aromatic amines is 1. The number of fused-ring (bicyclic) bond motifs is 6. The fourth-order valence-electron chi connectivity index (χ4n) is 7.45. The maximum absolute atomic E-state index is 12.9. The maximum Gasteiger partial charge on any atom is 0.340 e. The van der Waals surface area contributed by atoms with Gasteiger partial charge >= 0.3 is 5.97 Å². The van der Waals surface area contributed by atoms with E-state index >= 15 is 0 Å². The number of H-pyrrole nitrogens is 1. The van der Waals surface area contributed by atoms with E-state index in [0.29, 0.717) is 17.1 Å². The first-order chi connectivity index (χ1) is 25.1. The van der Waals surface area contributed by atoms with E-state index in [9.17, 15) is 9.90 Å². The van der Waals surface area contributed by atoms with Crippen LogP contribution in [-0.2, 0) is 10.2 Å². The number of benzene rings is 3. The molecule has 0 spiro atoms. The third kappa shape index (κ3) is 5.23. The molecule has 6 heterocycles. The SMILES string of the molecule is O=C(O)/C1=C2\C=CC(N2)C(c2ccccc2)(c2ccccn2)C2=N/C(=C\c3[nH]c(cc3-c3cccc(-c4ccccc4)c3)/C=C3/C=CC1=N3)C=C2. The van der Waals surface area contributed by atoms with Gasteiger partial charge in [0.25, 0.3) is 0 Å². The van der Waals surface area contributed by atoms with Crippen molar-refractivity contribution in [1.29, 1.82) is 0 Å². The predicted molar refractivity (Wildman–Crippen MR) is 203 cm³/mol. The number of nitrogens with zero attached hydrogens (tertiary/aromatic N) is 3. The fraction of sp³-hybridized carbons (Fsp3) is 0.0455. The molecule has 3 N–H and O–H groups in total. The van der Waals surface area contributed by atoms with Crippen molar-refractivity contribution in [2.75, 3.05) is 0 Å². The molecule has 7 nitrogen and oxygen atoms in total. The third-order valence-electron chi connectivity index (χ3n) is 9.74. The van der Waals surface area contributed by atoms with E-state index in [4.69, 9.17) is 15.0 Å². The van der Waals surface area contributed by atoms with Crippen LogP contribution in [0, 0.1) is 0 Å². The number of rotatable bonds is 5. The highest BCUT2D eigenvalue weighted by atomic mass is 16.4. The Morgan fingerprint density at radius 2 is 1.45 bits per heavy atom. The maximum atomic E-state index is 12.9. The highest BCUT2D eigenvalue weighted by molar-refractivity contribution is 6.26. The van der Waals surface area contributed by atoms with Crippen molar-refractivity contribution >= 4 is 29.5 Å². The Bertz CT molecular complexity index is 2420. The zero-order valence-corrected chi connectivity index (χ0v) is 27.4. The van der Waals surface area contributed by atoms with Crippen molar-refractivity contribution in [3.63, 3.8) is 0 Å². The number of carboxylic acid groups (broad SMARTS) is 1. The van der Waals surface area contributed by atoms with Gasteiger partial charge in [0, 0.05) is 23.1 Å². The molecule has 4 aliphatic heterocycles. The van der Waals surface area contributed by atoms with Crippen molar-refractivity contribution in [2.45, 2.75) is 11.5 Å². The van der Waals surface area contributed by atoms with Crippen molar-refractivity contribution < 1.29 is 9.90 Å². The molecule has 5 aromatic rings. The highest BCUT2D eigenvalue weighted by Crippen LogP contribution is 2.42. The lowest BCUT2D eigenvalue weighted by molar-refractivity contribution is -0.132. The quantitative estimate of drug-likeness (QED) is 0.176. The number of hydrogen-bond donors (Lipinski definition) is 3. The van der Waals surface area contributed by atoms with Crippen molar-refractivity contribution in [2.24, 2.45) is 9.98 Å².